The Hall–Kier alpha value is -1.36. The second kappa shape index (κ2) is 7.43. The molecule has 1 unspecified atom stereocenters. The lowest BCUT2D eigenvalue weighted by atomic mass is 10.0. The van der Waals surface area contributed by atoms with Crippen molar-refractivity contribution in [3.05, 3.63) is 11.8 Å². The third-order valence-electron chi connectivity index (χ3n) is 3.17. The average molecular weight is 280 g/mol. The van der Waals surface area contributed by atoms with Gasteiger partial charge in [0.15, 0.2) is 0 Å². The van der Waals surface area contributed by atoms with Gasteiger partial charge in [0.1, 0.15) is 0 Å². The minimum Gasteiger partial charge on any atom is -0.475 e. The van der Waals surface area contributed by atoms with E-state index < -0.39 is 0 Å². The van der Waals surface area contributed by atoms with Crippen LogP contribution >= 0.6 is 0 Å². The number of ether oxygens (including phenoxy) is 1. The fourth-order valence-corrected chi connectivity index (χ4v) is 1.77. The topological polar surface area (TPSA) is 64.3 Å². The van der Waals surface area contributed by atoms with Crippen molar-refractivity contribution in [3.63, 3.8) is 0 Å². The molecule has 0 saturated heterocycles. The standard InChI is InChI=1S/C15H28N4O/c1-10(2)13(16)7-8-19(6)15-17-12(5)9-14(18-15)20-11(3)4/h9-11,13H,7-8,16H2,1-6H3. The van der Waals surface area contributed by atoms with Crippen LogP contribution in [0.5, 0.6) is 5.88 Å². The van der Waals surface area contributed by atoms with Crippen LogP contribution in [-0.2, 0) is 0 Å². The van der Waals surface area contributed by atoms with Gasteiger partial charge in [0.2, 0.25) is 11.8 Å². The lowest BCUT2D eigenvalue weighted by molar-refractivity contribution is 0.232. The van der Waals surface area contributed by atoms with E-state index in [-0.39, 0.29) is 12.1 Å². The largest absolute Gasteiger partial charge is 0.475 e. The lowest BCUT2D eigenvalue weighted by Gasteiger charge is -2.22. The minimum absolute atomic E-state index is 0.108. The molecule has 0 aliphatic heterocycles. The maximum Gasteiger partial charge on any atom is 0.228 e. The summed E-state index contributed by atoms with van der Waals surface area (Å²) in [6, 6.07) is 2.06. The zero-order valence-corrected chi connectivity index (χ0v) is 13.6. The molecule has 114 valence electrons. The van der Waals surface area contributed by atoms with E-state index in [1.54, 1.807) is 0 Å². The third kappa shape index (κ3) is 5.33. The Bertz CT molecular complexity index is 420. The van der Waals surface area contributed by atoms with Gasteiger partial charge < -0.3 is 15.4 Å². The van der Waals surface area contributed by atoms with Crippen LogP contribution in [0.15, 0.2) is 6.07 Å². The molecule has 20 heavy (non-hydrogen) atoms. The molecule has 0 amide bonds. The van der Waals surface area contributed by atoms with Gasteiger partial charge in [0, 0.05) is 31.4 Å². The highest BCUT2D eigenvalue weighted by Crippen LogP contribution is 2.16. The molecule has 1 rings (SSSR count). The molecule has 5 nitrogen and oxygen atoms in total. The maximum absolute atomic E-state index is 6.08. The highest BCUT2D eigenvalue weighted by molar-refractivity contribution is 5.33. The van der Waals surface area contributed by atoms with Crippen LogP contribution in [0.3, 0.4) is 0 Å². The Morgan fingerprint density at radius 2 is 1.90 bits per heavy atom. The number of hydrogen-bond donors (Lipinski definition) is 1. The van der Waals surface area contributed by atoms with Crippen LogP contribution < -0.4 is 15.4 Å². The van der Waals surface area contributed by atoms with E-state index in [9.17, 15) is 0 Å². The van der Waals surface area contributed by atoms with Crippen molar-refractivity contribution in [1.82, 2.24) is 9.97 Å². The molecular formula is C15H28N4O. The van der Waals surface area contributed by atoms with E-state index in [4.69, 9.17) is 10.5 Å². The molecule has 0 spiro atoms. The molecule has 0 saturated carbocycles. The first-order valence-electron chi connectivity index (χ1n) is 7.28. The minimum atomic E-state index is 0.108. The molecule has 1 atom stereocenters. The second-order valence-electron chi connectivity index (χ2n) is 5.93. The SMILES string of the molecule is Cc1cc(OC(C)C)nc(N(C)CCC(N)C(C)C)n1. The van der Waals surface area contributed by atoms with Crippen molar-refractivity contribution in [3.8, 4) is 5.88 Å². The smallest absolute Gasteiger partial charge is 0.228 e. The van der Waals surface area contributed by atoms with Gasteiger partial charge >= 0.3 is 0 Å². The number of nitrogens with two attached hydrogens (primary N) is 1. The molecule has 1 heterocycles. The van der Waals surface area contributed by atoms with Crippen LogP contribution in [-0.4, -0.2) is 35.7 Å². The van der Waals surface area contributed by atoms with Gasteiger partial charge in [0.05, 0.1) is 6.10 Å². The predicted molar refractivity (Wildman–Crippen MR) is 83.2 cm³/mol. The van der Waals surface area contributed by atoms with E-state index in [1.165, 1.54) is 0 Å². The van der Waals surface area contributed by atoms with E-state index in [0.717, 1.165) is 18.7 Å². The summed E-state index contributed by atoms with van der Waals surface area (Å²) in [6.07, 6.45) is 1.03. The zero-order chi connectivity index (χ0) is 15.3. The molecule has 1 aromatic heterocycles. The molecule has 5 heteroatoms. The highest BCUT2D eigenvalue weighted by atomic mass is 16.5. The summed E-state index contributed by atoms with van der Waals surface area (Å²) >= 11 is 0. The number of rotatable bonds is 7. The van der Waals surface area contributed by atoms with Gasteiger partial charge in [-0.3, -0.25) is 0 Å². The number of aryl methyl sites for hydroxylation is 1. The van der Waals surface area contributed by atoms with E-state index in [1.807, 2.05) is 38.8 Å². The molecule has 0 aliphatic rings. The quantitative estimate of drug-likeness (QED) is 0.830. The van der Waals surface area contributed by atoms with Gasteiger partial charge in [-0.2, -0.15) is 4.98 Å². The summed E-state index contributed by atoms with van der Waals surface area (Å²) < 4.78 is 5.65. The molecule has 1 aromatic rings. The summed E-state index contributed by atoms with van der Waals surface area (Å²) in [7, 11) is 1.99. The number of nitrogens with zero attached hydrogens (tertiary/aromatic N) is 3. The molecule has 2 N–H and O–H groups in total. The first kappa shape index (κ1) is 16.7. The first-order valence-corrected chi connectivity index (χ1v) is 7.28. The fourth-order valence-electron chi connectivity index (χ4n) is 1.77. The molecule has 0 bridgehead atoms. The Morgan fingerprint density at radius 3 is 2.45 bits per heavy atom. The van der Waals surface area contributed by atoms with Crippen LogP contribution in [0.2, 0.25) is 0 Å². The van der Waals surface area contributed by atoms with Crippen molar-refractivity contribution in [2.24, 2.45) is 11.7 Å². The Morgan fingerprint density at radius 1 is 1.25 bits per heavy atom. The number of hydrogen-bond acceptors (Lipinski definition) is 5. The molecule has 0 fully saturated rings. The van der Waals surface area contributed by atoms with Crippen LogP contribution in [0.25, 0.3) is 0 Å². The van der Waals surface area contributed by atoms with Gasteiger partial charge in [-0.1, -0.05) is 13.8 Å². The van der Waals surface area contributed by atoms with Gasteiger partial charge in [0.25, 0.3) is 0 Å². The summed E-state index contributed by atoms with van der Waals surface area (Å²) in [4.78, 5) is 10.9. The van der Waals surface area contributed by atoms with Crippen LogP contribution in [0.1, 0.15) is 39.8 Å². The van der Waals surface area contributed by atoms with E-state index in [0.29, 0.717) is 17.7 Å². The van der Waals surface area contributed by atoms with E-state index in [2.05, 4.69) is 23.8 Å². The first-order chi connectivity index (χ1) is 9.29. The molecular weight excluding hydrogens is 252 g/mol. The summed E-state index contributed by atoms with van der Waals surface area (Å²) in [5.74, 6) is 1.81. The van der Waals surface area contributed by atoms with Crippen LogP contribution in [0, 0.1) is 12.8 Å². The van der Waals surface area contributed by atoms with Crippen molar-refractivity contribution < 1.29 is 4.74 Å². The highest BCUT2D eigenvalue weighted by Gasteiger charge is 2.12. The third-order valence-corrected chi connectivity index (χ3v) is 3.17. The van der Waals surface area contributed by atoms with E-state index >= 15 is 0 Å². The van der Waals surface area contributed by atoms with Gasteiger partial charge in [-0.05, 0) is 33.1 Å². The fraction of sp³-hybridized carbons (Fsp3) is 0.733. The Balaban J connectivity index is 2.72. The number of anilines is 1. The molecule has 0 radical (unpaired) electrons. The maximum atomic E-state index is 6.08. The van der Waals surface area contributed by atoms with Crippen LogP contribution in [0.4, 0.5) is 5.95 Å². The average Bonchev–Trinajstić information content (AvgIpc) is 2.33. The molecule has 0 aliphatic carbocycles. The monoisotopic (exact) mass is 280 g/mol. The van der Waals surface area contributed by atoms with Crippen molar-refractivity contribution in [2.75, 3.05) is 18.5 Å². The van der Waals surface area contributed by atoms with Crippen molar-refractivity contribution >= 4 is 5.95 Å². The second-order valence-corrected chi connectivity index (χ2v) is 5.93. The number of aromatic nitrogens is 2. The normalized spacial score (nSPS) is 12.8. The summed E-state index contributed by atoms with van der Waals surface area (Å²) in [5, 5.41) is 0. The summed E-state index contributed by atoms with van der Waals surface area (Å²) in [6.45, 7) is 11.0. The summed E-state index contributed by atoms with van der Waals surface area (Å²) in [5.41, 5.74) is 6.98. The Labute approximate surface area is 122 Å². The zero-order valence-electron chi connectivity index (χ0n) is 13.6. The molecule has 0 aromatic carbocycles. The van der Waals surface area contributed by atoms with Gasteiger partial charge in [-0.15, -0.1) is 0 Å². The lowest BCUT2D eigenvalue weighted by Crippen LogP contribution is -2.32. The Kier molecular flexibility index (Phi) is 6.20. The predicted octanol–water partition coefficient (Wildman–Crippen LogP) is 2.38. The van der Waals surface area contributed by atoms with Crippen molar-refractivity contribution in [2.45, 2.75) is 53.2 Å². The van der Waals surface area contributed by atoms with Crippen molar-refractivity contribution in [1.29, 1.82) is 0 Å². The van der Waals surface area contributed by atoms with Gasteiger partial charge in [-0.25, -0.2) is 4.98 Å².